The van der Waals surface area contributed by atoms with Crippen molar-refractivity contribution in [3.8, 4) is 0 Å². The number of ether oxygens (including phenoxy) is 1. The summed E-state index contributed by atoms with van der Waals surface area (Å²) >= 11 is 0. The van der Waals surface area contributed by atoms with Crippen LogP contribution in [0.5, 0.6) is 0 Å². The van der Waals surface area contributed by atoms with Crippen LogP contribution in [0.3, 0.4) is 0 Å². The molecule has 1 N–H and O–H groups in total. The van der Waals surface area contributed by atoms with Crippen molar-refractivity contribution in [2.75, 3.05) is 11.9 Å². The number of hydrogen-bond donors (Lipinski definition) is 1. The number of aromatic nitrogens is 2. The Balaban J connectivity index is 1.38. The molecule has 0 saturated heterocycles. The molecular formula is C30H31N3O3. The molecular weight excluding hydrogens is 450 g/mol. The van der Waals surface area contributed by atoms with E-state index in [1.165, 1.54) is 0 Å². The Morgan fingerprint density at radius 2 is 1.83 bits per heavy atom. The summed E-state index contributed by atoms with van der Waals surface area (Å²) < 4.78 is 5.57. The fourth-order valence-corrected chi connectivity index (χ4v) is 5.12. The van der Waals surface area contributed by atoms with E-state index in [-0.39, 0.29) is 12.0 Å². The summed E-state index contributed by atoms with van der Waals surface area (Å²) in [5, 5.41) is 4.48. The van der Waals surface area contributed by atoms with Crippen LogP contribution in [-0.2, 0) is 22.4 Å². The number of rotatable bonds is 6. The van der Waals surface area contributed by atoms with Gasteiger partial charge in [-0.25, -0.2) is 4.79 Å². The quantitative estimate of drug-likeness (QED) is 0.336. The molecule has 0 aliphatic heterocycles. The number of fused-ring (bicyclic) bond motifs is 3. The van der Waals surface area contributed by atoms with Crippen molar-refractivity contribution in [3.05, 3.63) is 77.6 Å². The van der Waals surface area contributed by atoms with Gasteiger partial charge < -0.3 is 10.1 Å². The predicted molar refractivity (Wildman–Crippen MR) is 142 cm³/mol. The van der Waals surface area contributed by atoms with Crippen LogP contribution in [0.4, 0.5) is 5.69 Å². The monoisotopic (exact) mass is 481 g/mol. The third-order valence-electron chi connectivity index (χ3n) is 7.69. The van der Waals surface area contributed by atoms with Crippen molar-refractivity contribution >= 4 is 39.4 Å². The van der Waals surface area contributed by atoms with E-state index in [1.807, 2.05) is 54.6 Å². The lowest BCUT2D eigenvalue weighted by Gasteiger charge is -2.37. The number of aryl methyl sites for hydroxylation is 1. The fourth-order valence-electron chi connectivity index (χ4n) is 5.12. The van der Waals surface area contributed by atoms with E-state index < -0.39 is 11.9 Å². The van der Waals surface area contributed by atoms with Gasteiger partial charge in [-0.15, -0.1) is 0 Å². The Labute approximate surface area is 211 Å². The first-order chi connectivity index (χ1) is 17.4. The van der Waals surface area contributed by atoms with Crippen LogP contribution in [0.1, 0.15) is 55.2 Å². The molecule has 2 aromatic heterocycles. The first-order valence-corrected chi connectivity index (χ1v) is 12.6. The molecule has 2 aromatic carbocycles. The summed E-state index contributed by atoms with van der Waals surface area (Å²) in [5.41, 5.74) is 4.84. The van der Waals surface area contributed by atoms with Crippen molar-refractivity contribution in [2.24, 2.45) is 11.3 Å². The molecule has 1 aliphatic rings. The van der Waals surface area contributed by atoms with E-state index in [0.29, 0.717) is 17.2 Å². The smallest absolute Gasteiger partial charge is 0.339 e. The summed E-state index contributed by atoms with van der Waals surface area (Å²) in [7, 11) is 0. The molecule has 4 aromatic rings. The third-order valence-corrected chi connectivity index (χ3v) is 7.69. The zero-order valence-electron chi connectivity index (χ0n) is 21.0. The zero-order chi connectivity index (χ0) is 25.3. The van der Waals surface area contributed by atoms with Crippen molar-refractivity contribution in [2.45, 2.75) is 46.5 Å². The van der Waals surface area contributed by atoms with Gasteiger partial charge in [0.2, 0.25) is 0 Å². The van der Waals surface area contributed by atoms with Crippen LogP contribution in [0.2, 0.25) is 0 Å². The van der Waals surface area contributed by atoms with E-state index in [2.05, 4.69) is 31.1 Å². The van der Waals surface area contributed by atoms with E-state index in [0.717, 1.165) is 58.7 Å². The van der Waals surface area contributed by atoms with Gasteiger partial charge in [0.15, 0.2) is 6.61 Å². The van der Waals surface area contributed by atoms with Crippen LogP contribution < -0.4 is 5.32 Å². The van der Waals surface area contributed by atoms with Gasteiger partial charge in [0, 0.05) is 16.5 Å². The molecule has 1 atom stereocenters. The zero-order valence-corrected chi connectivity index (χ0v) is 21.0. The molecule has 0 bridgehead atoms. The second kappa shape index (κ2) is 9.69. The highest BCUT2D eigenvalue weighted by atomic mass is 16.5. The number of anilines is 1. The molecule has 0 saturated carbocycles. The van der Waals surface area contributed by atoms with Crippen molar-refractivity contribution in [1.29, 1.82) is 0 Å². The van der Waals surface area contributed by atoms with E-state index in [1.54, 1.807) is 6.20 Å². The van der Waals surface area contributed by atoms with E-state index >= 15 is 0 Å². The molecule has 36 heavy (non-hydrogen) atoms. The standard InChI is InChI=1S/C30H31N3O3/c1-4-30(2,3)20-13-14-26-23(16-20)28(22-10-6-8-12-25(22)33-26)29(35)36-18-27(34)32-21-15-19-9-5-7-11-24(19)31-17-21/h5-12,15,17,20H,4,13-14,16,18H2,1-3H3,(H,32,34). The summed E-state index contributed by atoms with van der Waals surface area (Å²) in [6.45, 7) is 6.43. The lowest BCUT2D eigenvalue weighted by Crippen LogP contribution is -2.31. The van der Waals surface area contributed by atoms with Gasteiger partial charge in [-0.1, -0.05) is 63.6 Å². The molecule has 1 amide bonds. The van der Waals surface area contributed by atoms with Crippen molar-refractivity contribution < 1.29 is 14.3 Å². The molecule has 0 fully saturated rings. The summed E-state index contributed by atoms with van der Waals surface area (Å²) in [6, 6.07) is 17.2. The van der Waals surface area contributed by atoms with Gasteiger partial charge in [-0.05, 0) is 54.4 Å². The highest BCUT2D eigenvalue weighted by molar-refractivity contribution is 6.06. The first-order valence-electron chi connectivity index (χ1n) is 12.6. The topological polar surface area (TPSA) is 81.2 Å². The number of hydrogen-bond acceptors (Lipinski definition) is 5. The second-order valence-corrected chi connectivity index (χ2v) is 10.3. The predicted octanol–water partition coefficient (Wildman–Crippen LogP) is 6.12. The molecule has 6 nitrogen and oxygen atoms in total. The van der Waals surface area contributed by atoms with Crippen molar-refractivity contribution in [1.82, 2.24) is 9.97 Å². The molecule has 5 rings (SSSR count). The Kier molecular flexibility index (Phi) is 6.44. The molecule has 0 radical (unpaired) electrons. The van der Waals surface area contributed by atoms with Crippen LogP contribution in [-0.4, -0.2) is 28.5 Å². The van der Waals surface area contributed by atoms with E-state index in [9.17, 15) is 9.59 Å². The Hall–Kier alpha value is -3.80. The third kappa shape index (κ3) is 4.68. The molecule has 2 heterocycles. The first kappa shape index (κ1) is 23.9. The lowest BCUT2D eigenvalue weighted by molar-refractivity contribution is -0.119. The average Bonchev–Trinajstić information content (AvgIpc) is 2.90. The van der Waals surface area contributed by atoms with Gasteiger partial charge in [0.1, 0.15) is 0 Å². The minimum Gasteiger partial charge on any atom is -0.452 e. The lowest BCUT2D eigenvalue weighted by atomic mass is 9.68. The van der Waals surface area contributed by atoms with E-state index in [4.69, 9.17) is 9.72 Å². The maximum atomic E-state index is 13.4. The molecule has 1 aliphatic carbocycles. The van der Waals surface area contributed by atoms with Gasteiger partial charge >= 0.3 is 5.97 Å². The SMILES string of the molecule is CCC(C)(C)C1CCc2nc3ccccc3c(C(=O)OCC(=O)Nc3cnc4ccccc4c3)c2C1. The van der Waals surface area contributed by atoms with Gasteiger partial charge in [-0.2, -0.15) is 0 Å². The molecule has 184 valence electrons. The highest BCUT2D eigenvalue weighted by Gasteiger charge is 2.34. The Bertz CT molecular complexity index is 1460. The number of amides is 1. The minimum absolute atomic E-state index is 0.165. The second-order valence-electron chi connectivity index (χ2n) is 10.3. The van der Waals surface area contributed by atoms with Crippen LogP contribution in [0.15, 0.2) is 60.8 Å². The number of nitrogens with one attached hydrogen (secondary N) is 1. The number of esters is 1. The number of pyridine rings is 2. The Morgan fingerprint density at radius 3 is 2.64 bits per heavy atom. The fraction of sp³-hybridized carbons (Fsp3) is 0.333. The minimum atomic E-state index is -0.480. The normalized spacial score (nSPS) is 15.5. The average molecular weight is 482 g/mol. The summed E-state index contributed by atoms with van der Waals surface area (Å²) in [4.78, 5) is 35.3. The number of para-hydroxylation sites is 2. The summed E-state index contributed by atoms with van der Waals surface area (Å²) in [5.74, 6) is -0.433. The molecule has 1 unspecified atom stereocenters. The van der Waals surface area contributed by atoms with Crippen molar-refractivity contribution in [3.63, 3.8) is 0 Å². The van der Waals surface area contributed by atoms with Gasteiger partial charge in [0.25, 0.3) is 5.91 Å². The number of carbonyl (C=O) groups is 2. The number of carbonyl (C=O) groups excluding carboxylic acids is 2. The maximum absolute atomic E-state index is 13.4. The summed E-state index contributed by atoms with van der Waals surface area (Å²) in [6.07, 6.45) is 5.34. The Morgan fingerprint density at radius 1 is 1.08 bits per heavy atom. The largest absolute Gasteiger partial charge is 0.452 e. The van der Waals surface area contributed by atoms with Gasteiger partial charge in [0.05, 0.1) is 28.5 Å². The van der Waals surface area contributed by atoms with Crippen LogP contribution >= 0.6 is 0 Å². The molecule has 6 heteroatoms. The van der Waals surface area contributed by atoms with Gasteiger partial charge in [-0.3, -0.25) is 14.8 Å². The number of nitrogens with zero attached hydrogens (tertiary/aromatic N) is 2. The van der Waals surface area contributed by atoms with Crippen LogP contribution in [0.25, 0.3) is 21.8 Å². The molecule has 0 spiro atoms. The maximum Gasteiger partial charge on any atom is 0.339 e. The van der Waals surface area contributed by atoms with Crippen LogP contribution in [0, 0.1) is 11.3 Å². The number of benzene rings is 2. The highest BCUT2D eigenvalue weighted by Crippen LogP contribution is 2.41.